The maximum absolute atomic E-state index is 10.6. The summed E-state index contributed by atoms with van der Waals surface area (Å²) in [5, 5.41) is 11.2. The van der Waals surface area contributed by atoms with E-state index in [2.05, 4.69) is 15.5 Å². The lowest BCUT2D eigenvalue weighted by Crippen LogP contribution is -2.07. The largest absolute Gasteiger partial charge is 0.309 e. The fraction of sp³-hybridized carbons (Fsp3) is 0.375. The first-order chi connectivity index (χ1) is 6.22. The molecule has 0 aliphatic rings. The van der Waals surface area contributed by atoms with Crippen LogP contribution in [0.4, 0.5) is 5.82 Å². The van der Waals surface area contributed by atoms with Crippen molar-refractivity contribution in [1.82, 2.24) is 10.2 Å². The molecule has 5 heteroatoms. The zero-order valence-electron chi connectivity index (χ0n) is 7.57. The molecule has 1 aromatic heterocycles. The summed E-state index contributed by atoms with van der Waals surface area (Å²) in [5.41, 5.74) is 0. The molecular weight excluding hydrogens is 186 g/mol. The SMILES string of the molecule is CCSc1ccc(NC(C)=O)nn1. The van der Waals surface area contributed by atoms with Crippen LogP contribution < -0.4 is 5.32 Å². The van der Waals surface area contributed by atoms with Gasteiger partial charge in [-0.3, -0.25) is 4.79 Å². The Hall–Kier alpha value is -1.10. The van der Waals surface area contributed by atoms with Crippen molar-refractivity contribution in [1.29, 1.82) is 0 Å². The average molecular weight is 197 g/mol. The van der Waals surface area contributed by atoms with Crippen molar-refractivity contribution in [3.05, 3.63) is 12.1 Å². The highest BCUT2D eigenvalue weighted by atomic mass is 32.2. The summed E-state index contributed by atoms with van der Waals surface area (Å²) in [7, 11) is 0. The van der Waals surface area contributed by atoms with E-state index in [1.807, 2.05) is 13.0 Å². The van der Waals surface area contributed by atoms with Gasteiger partial charge in [0.1, 0.15) is 5.03 Å². The van der Waals surface area contributed by atoms with Crippen LogP contribution in [0.3, 0.4) is 0 Å². The van der Waals surface area contributed by atoms with Gasteiger partial charge in [-0.2, -0.15) is 0 Å². The van der Waals surface area contributed by atoms with E-state index in [1.54, 1.807) is 17.8 Å². The van der Waals surface area contributed by atoms with Gasteiger partial charge in [0.25, 0.3) is 0 Å². The van der Waals surface area contributed by atoms with Crippen molar-refractivity contribution in [2.75, 3.05) is 11.1 Å². The van der Waals surface area contributed by atoms with Gasteiger partial charge in [0.05, 0.1) is 0 Å². The number of thioether (sulfide) groups is 1. The summed E-state index contributed by atoms with van der Waals surface area (Å²) in [6.45, 7) is 3.49. The third-order valence-electron chi connectivity index (χ3n) is 1.24. The highest BCUT2D eigenvalue weighted by Gasteiger charge is 1.98. The van der Waals surface area contributed by atoms with Crippen LogP contribution in [0.2, 0.25) is 0 Å². The number of nitrogens with one attached hydrogen (secondary N) is 1. The fourth-order valence-corrected chi connectivity index (χ4v) is 1.35. The van der Waals surface area contributed by atoms with Gasteiger partial charge in [0.2, 0.25) is 5.91 Å². The van der Waals surface area contributed by atoms with Crippen LogP contribution in [0.1, 0.15) is 13.8 Å². The molecule has 1 rings (SSSR count). The monoisotopic (exact) mass is 197 g/mol. The Kier molecular flexibility index (Phi) is 3.70. The first-order valence-corrected chi connectivity index (χ1v) is 4.95. The Balaban J connectivity index is 2.64. The van der Waals surface area contributed by atoms with E-state index in [1.165, 1.54) is 6.92 Å². The van der Waals surface area contributed by atoms with Crippen molar-refractivity contribution < 1.29 is 4.79 Å². The molecule has 0 saturated heterocycles. The molecule has 4 nitrogen and oxygen atoms in total. The zero-order chi connectivity index (χ0) is 9.68. The van der Waals surface area contributed by atoms with E-state index in [9.17, 15) is 4.79 Å². The third-order valence-corrected chi connectivity index (χ3v) is 2.04. The molecule has 1 aromatic rings. The molecule has 1 amide bonds. The van der Waals surface area contributed by atoms with Crippen LogP contribution in [0.5, 0.6) is 0 Å². The lowest BCUT2D eigenvalue weighted by Gasteiger charge is -2.00. The molecule has 1 heterocycles. The van der Waals surface area contributed by atoms with E-state index in [4.69, 9.17) is 0 Å². The smallest absolute Gasteiger partial charge is 0.222 e. The summed E-state index contributed by atoms with van der Waals surface area (Å²) in [6, 6.07) is 3.58. The second kappa shape index (κ2) is 4.81. The number of nitrogens with zero attached hydrogens (tertiary/aromatic N) is 2. The van der Waals surface area contributed by atoms with Gasteiger partial charge in [0.15, 0.2) is 5.82 Å². The van der Waals surface area contributed by atoms with Crippen molar-refractivity contribution in [2.45, 2.75) is 18.9 Å². The van der Waals surface area contributed by atoms with Crippen LogP contribution in [0.15, 0.2) is 17.2 Å². The molecule has 0 aliphatic heterocycles. The molecule has 0 unspecified atom stereocenters. The Morgan fingerprint density at radius 3 is 2.77 bits per heavy atom. The van der Waals surface area contributed by atoms with Crippen LogP contribution in [-0.4, -0.2) is 21.9 Å². The molecule has 0 aliphatic carbocycles. The molecule has 0 aromatic carbocycles. The highest BCUT2D eigenvalue weighted by molar-refractivity contribution is 7.99. The number of hydrogen-bond donors (Lipinski definition) is 1. The Labute approximate surface area is 81.1 Å². The van der Waals surface area contributed by atoms with Crippen LogP contribution in [0.25, 0.3) is 0 Å². The Bertz CT molecular complexity index is 286. The quantitative estimate of drug-likeness (QED) is 0.747. The normalized spacial score (nSPS) is 9.69. The van der Waals surface area contributed by atoms with E-state index < -0.39 is 0 Å². The lowest BCUT2D eigenvalue weighted by molar-refractivity contribution is -0.114. The summed E-state index contributed by atoms with van der Waals surface area (Å²) in [4.78, 5) is 10.6. The van der Waals surface area contributed by atoms with Gasteiger partial charge in [0, 0.05) is 6.92 Å². The number of carbonyl (C=O) groups excluding carboxylic acids is 1. The first-order valence-electron chi connectivity index (χ1n) is 3.96. The highest BCUT2D eigenvalue weighted by Crippen LogP contribution is 2.14. The average Bonchev–Trinajstić information content (AvgIpc) is 2.08. The van der Waals surface area contributed by atoms with E-state index in [-0.39, 0.29) is 5.91 Å². The second-order valence-electron chi connectivity index (χ2n) is 2.37. The van der Waals surface area contributed by atoms with E-state index in [0.717, 1.165) is 10.8 Å². The number of hydrogen-bond acceptors (Lipinski definition) is 4. The molecule has 0 spiro atoms. The predicted molar refractivity (Wildman–Crippen MR) is 52.7 cm³/mol. The molecule has 0 fully saturated rings. The molecule has 0 radical (unpaired) electrons. The lowest BCUT2D eigenvalue weighted by atomic mass is 10.5. The second-order valence-corrected chi connectivity index (χ2v) is 3.66. The van der Waals surface area contributed by atoms with Crippen LogP contribution >= 0.6 is 11.8 Å². The Morgan fingerprint density at radius 2 is 2.31 bits per heavy atom. The van der Waals surface area contributed by atoms with Crippen molar-refractivity contribution in [2.24, 2.45) is 0 Å². The summed E-state index contributed by atoms with van der Waals surface area (Å²) < 4.78 is 0. The van der Waals surface area contributed by atoms with Gasteiger partial charge >= 0.3 is 0 Å². The first kappa shape index (κ1) is 9.98. The summed E-state index contributed by atoms with van der Waals surface area (Å²) >= 11 is 1.62. The van der Waals surface area contributed by atoms with Gasteiger partial charge < -0.3 is 5.32 Å². The van der Waals surface area contributed by atoms with E-state index in [0.29, 0.717) is 5.82 Å². The van der Waals surface area contributed by atoms with Crippen LogP contribution in [0, 0.1) is 0 Å². The molecule has 0 saturated carbocycles. The number of rotatable bonds is 3. The third kappa shape index (κ3) is 3.42. The van der Waals surface area contributed by atoms with Crippen molar-refractivity contribution in [3.8, 4) is 0 Å². The number of anilines is 1. The number of amides is 1. The maximum Gasteiger partial charge on any atom is 0.222 e. The molecule has 13 heavy (non-hydrogen) atoms. The zero-order valence-corrected chi connectivity index (χ0v) is 8.39. The minimum Gasteiger partial charge on any atom is -0.309 e. The van der Waals surface area contributed by atoms with Gasteiger partial charge in [-0.05, 0) is 17.9 Å². The number of aromatic nitrogens is 2. The van der Waals surface area contributed by atoms with Gasteiger partial charge in [-0.1, -0.05) is 6.92 Å². The van der Waals surface area contributed by atoms with Crippen molar-refractivity contribution in [3.63, 3.8) is 0 Å². The van der Waals surface area contributed by atoms with E-state index >= 15 is 0 Å². The Morgan fingerprint density at radius 1 is 1.54 bits per heavy atom. The number of carbonyl (C=O) groups is 1. The minimum atomic E-state index is -0.134. The molecule has 70 valence electrons. The van der Waals surface area contributed by atoms with Gasteiger partial charge in [-0.25, -0.2) is 0 Å². The molecule has 0 bridgehead atoms. The molecule has 1 N–H and O–H groups in total. The van der Waals surface area contributed by atoms with Crippen molar-refractivity contribution >= 4 is 23.5 Å². The topological polar surface area (TPSA) is 54.9 Å². The minimum absolute atomic E-state index is 0.134. The van der Waals surface area contributed by atoms with Crippen LogP contribution in [-0.2, 0) is 4.79 Å². The van der Waals surface area contributed by atoms with Gasteiger partial charge in [-0.15, -0.1) is 22.0 Å². The summed E-state index contributed by atoms with van der Waals surface area (Å²) in [5.74, 6) is 1.33. The predicted octanol–water partition coefficient (Wildman–Crippen LogP) is 1.55. The fourth-order valence-electron chi connectivity index (χ4n) is 0.792. The standard InChI is InChI=1S/C8H11N3OS/c1-3-13-8-5-4-7(10-11-8)9-6(2)12/h4-5H,3H2,1-2H3,(H,9,10,12). The molecular formula is C8H11N3OS. The maximum atomic E-state index is 10.6. The molecule has 0 atom stereocenters. The summed E-state index contributed by atoms with van der Waals surface area (Å²) in [6.07, 6.45) is 0.